The van der Waals surface area contributed by atoms with Crippen LogP contribution in [-0.2, 0) is 0 Å². The van der Waals surface area contributed by atoms with Crippen LogP contribution >= 0.6 is 11.6 Å². The highest BCUT2D eigenvalue weighted by Crippen LogP contribution is 2.24. The van der Waals surface area contributed by atoms with Crippen LogP contribution in [0.2, 0.25) is 5.15 Å². The zero-order valence-electron chi connectivity index (χ0n) is 11.3. The summed E-state index contributed by atoms with van der Waals surface area (Å²) in [4.78, 5) is 8.90. The van der Waals surface area contributed by atoms with Gasteiger partial charge in [0, 0.05) is 17.7 Å². The average molecular weight is 288 g/mol. The van der Waals surface area contributed by atoms with E-state index in [1.54, 1.807) is 0 Å². The predicted octanol–water partition coefficient (Wildman–Crippen LogP) is 4.54. The molecule has 4 heteroatoms. The van der Waals surface area contributed by atoms with E-state index in [4.69, 9.17) is 11.6 Å². The molecular weight excluding hydrogens is 270 g/mol. The maximum atomic E-state index is 6.13. The van der Waals surface area contributed by atoms with Crippen molar-refractivity contribution in [3.05, 3.63) is 41.6 Å². The number of halogens is 1. The van der Waals surface area contributed by atoms with Gasteiger partial charge in [0.2, 0.25) is 0 Å². The number of nitrogens with zero attached hydrogens (tertiary/aromatic N) is 2. The minimum Gasteiger partial charge on any atom is -0.367 e. The van der Waals surface area contributed by atoms with Crippen LogP contribution in [0.1, 0.15) is 32.1 Å². The van der Waals surface area contributed by atoms with E-state index in [1.807, 2.05) is 36.4 Å². The van der Waals surface area contributed by atoms with Gasteiger partial charge in [-0.1, -0.05) is 61.2 Å². The second kappa shape index (κ2) is 6.23. The maximum absolute atomic E-state index is 6.13. The van der Waals surface area contributed by atoms with E-state index in [-0.39, 0.29) is 0 Å². The van der Waals surface area contributed by atoms with Gasteiger partial charge in [0.15, 0.2) is 5.82 Å². The lowest BCUT2D eigenvalue weighted by molar-refractivity contribution is 0.462. The van der Waals surface area contributed by atoms with Crippen LogP contribution in [-0.4, -0.2) is 16.0 Å². The molecule has 1 aliphatic rings. The molecule has 0 aliphatic heterocycles. The van der Waals surface area contributed by atoms with Crippen molar-refractivity contribution in [1.29, 1.82) is 0 Å². The molecule has 1 aromatic heterocycles. The van der Waals surface area contributed by atoms with E-state index in [2.05, 4.69) is 15.3 Å². The van der Waals surface area contributed by atoms with Gasteiger partial charge in [-0.3, -0.25) is 0 Å². The summed E-state index contributed by atoms with van der Waals surface area (Å²) in [5.74, 6) is 1.51. The fourth-order valence-electron chi connectivity index (χ4n) is 2.66. The van der Waals surface area contributed by atoms with Crippen LogP contribution < -0.4 is 5.32 Å². The quantitative estimate of drug-likeness (QED) is 0.842. The van der Waals surface area contributed by atoms with Gasteiger partial charge in [-0.15, -0.1) is 0 Å². The summed E-state index contributed by atoms with van der Waals surface area (Å²) in [6.45, 7) is 0. The molecule has 0 amide bonds. The van der Waals surface area contributed by atoms with Crippen molar-refractivity contribution in [2.75, 3.05) is 5.32 Å². The maximum Gasteiger partial charge on any atom is 0.163 e. The molecule has 1 fully saturated rings. The Kier molecular flexibility index (Phi) is 4.16. The van der Waals surface area contributed by atoms with Gasteiger partial charge < -0.3 is 5.32 Å². The van der Waals surface area contributed by atoms with Gasteiger partial charge >= 0.3 is 0 Å². The second-order valence-electron chi connectivity index (χ2n) is 5.24. The molecule has 1 saturated carbocycles. The van der Waals surface area contributed by atoms with Crippen LogP contribution in [0.4, 0.5) is 5.82 Å². The lowest BCUT2D eigenvalue weighted by atomic mass is 9.95. The van der Waals surface area contributed by atoms with E-state index >= 15 is 0 Å². The molecule has 3 nitrogen and oxygen atoms in total. The first-order chi connectivity index (χ1) is 9.81. The van der Waals surface area contributed by atoms with Crippen molar-refractivity contribution in [2.45, 2.75) is 38.1 Å². The van der Waals surface area contributed by atoms with Gasteiger partial charge in [0.25, 0.3) is 0 Å². The van der Waals surface area contributed by atoms with Crippen LogP contribution in [0, 0.1) is 0 Å². The van der Waals surface area contributed by atoms with Crippen molar-refractivity contribution in [2.24, 2.45) is 0 Å². The summed E-state index contributed by atoms with van der Waals surface area (Å²) in [7, 11) is 0. The van der Waals surface area contributed by atoms with Crippen molar-refractivity contribution in [3.63, 3.8) is 0 Å². The summed E-state index contributed by atoms with van der Waals surface area (Å²) >= 11 is 6.13. The lowest BCUT2D eigenvalue weighted by Gasteiger charge is -2.23. The summed E-state index contributed by atoms with van der Waals surface area (Å²) < 4.78 is 0. The zero-order valence-corrected chi connectivity index (χ0v) is 12.1. The Labute approximate surface area is 124 Å². The molecule has 0 atom stereocenters. The van der Waals surface area contributed by atoms with Gasteiger partial charge in [-0.05, 0) is 12.8 Å². The summed E-state index contributed by atoms with van der Waals surface area (Å²) in [6.07, 6.45) is 6.35. The molecule has 1 aliphatic carbocycles. The SMILES string of the molecule is Clc1cc(NC2CCCCC2)nc(-c2ccccc2)n1. The molecule has 2 aromatic rings. The van der Waals surface area contributed by atoms with Crippen LogP contribution in [0.15, 0.2) is 36.4 Å². The van der Waals surface area contributed by atoms with Gasteiger partial charge in [-0.25, -0.2) is 9.97 Å². The van der Waals surface area contributed by atoms with E-state index in [9.17, 15) is 0 Å². The number of aromatic nitrogens is 2. The van der Waals surface area contributed by atoms with Gasteiger partial charge in [0.05, 0.1) is 0 Å². The zero-order chi connectivity index (χ0) is 13.8. The fourth-order valence-corrected chi connectivity index (χ4v) is 2.85. The minimum absolute atomic E-state index is 0.483. The Morgan fingerprint density at radius 2 is 1.75 bits per heavy atom. The number of hydrogen-bond donors (Lipinski definition) is 1. The third kappa shape index (κ3) is 3.28. The average Bonchev–Trinajstić information content (AvgIpc) is 2.49. The molecule has 0 spiro atoms. The first kappa shape index (κ1) is 13.4. The number of nitrogens with one attached hydrogen (secondary N) is 1. The normalized spacial score (nSPS) is 16.1. The van der Waals surface area contributed by atoms with E-state index in [0.717, 1.165) is 11.4 Å². The van der Waals surface area contributed by atoms with Crippen LogP contribution in [0.3, 0.4) is 0 Å². The first-order valence-corrected chi connectivity index (χ1v) is 7.55. The van der Waals surface area contributed by atoms with Gasteiger partial charge in [0.1, 0.15) is 11.0 Å². The minimum atomic E-state index is 0.483. The molecule has 0 saturated heterocycles. The third-order valence-electron chi connectivity index (χ3n) is 3.68. The Bertz CT molecular complexity index is 565. The number of benzene rings is 1. The second-order valence-corrected chi connectivity index (χ2v) is 5.63. The van der Waals surface area contributed by atoms with E-state index in [1.165, 1.54) is 32.1 Å². The number of anilines is 1. The molecular formula is C16H18ClN3. The van der Waals surface area contributed by atoms with Crippen molar-refractivity contribution < 1.29 is 0 Å². The lowest BCUT2D eigenvalue weighted by Crippen LogP contribution is -2.23. The fraction of sp³-hybridized carbons (Fsp3) is 0.375. The smallest absolute Gasteiger partial charge is 0.163 e. The number of hydrogen-bond acceptors (Lipinski definition) is 3. The van der Waals surface area contributed by atoms with E-state index in [0.29, 0.717) is 17.0 Å². The van der Waals surface area contributed by atoms with E-state index < -0.39 is 0 Å². The molecule has 0 unspecified atom stereocenters. The monoisotopic (exact) mass is 287 g/mol. The standard InChI is InChI=1S/C16H18ClN3/c17-14-11-15(18-13-9-5-2-6-10-13)20-16(19-14)12-7-3-1-4-8-12/h1,3-4,7-8,11,13H,2,5-6,9-10H2,(H,18,19,20). The molecule has 1 N–H and O–H groups in total. The number of rotatable bonds is 3. The molecule has 3 rings (SSSR count). The molecule has 1 aromatic carbocycles. The highest BCUT2D eigenvalue weighted by molar-refractivity contribution is 6.29. The first-order valence-electron chi connectivity index (χ1n) is 7.18. The molecule has 0 bridgehead atoms. The summed E-state index contributed by atoms with van der Waals surface area (Å²) in [6, 6.07) is 12.3. The Morgan fingerprint density at radius 1 is 1.00 bits per heavy atom. The third-order valence-corrected chi connectivity index (χ3v) is 3.88. The van der Waals surface area contributed by atoms with Crippen molar-refractivity contribution in [3.8, 4) is 11.4 Å². The Morgan fingerprint density at radius 3 is 2.50 bits per heavy atom. The van der Waals surface area contributed by atoms with Crippen molar-refractivity contribution in [1.82, 2.24) is 9.97 Å². The van der Waals surface area contributed by atoms with Gasteiger partial charge in [-0.2, -0.15) is 0 Å². The molecule has 104 valence electrons. The highest BCUT2D eigenvalue weighted by Gasteiger charge is 2.14. The Hall–Kier alpha value is -1.61. The van der Waals surface area contributed by atoms with Crippen LogP contribution in [0.5, 0.6) is 0 Å². The molecule has 0 radical (unpaired) electrons. The van der Waals surface area contributed by atoms with Crippen molar-refractivity contribution >= 4 is 17.4 Å². The molecule has 1 heterocycles. The highest BCUT2D eigenvalue weighted by atomic mass is 35.5. The largest absolute Gasteiger partial charge is 0.367 e. The van der Waals surface area contributed by atoms with Crippen LogP contribution in [0.25, 0.3) is 11.4 Å². The summed E-state index contributed by atoms with van der Waals surface area (Å²) in [5.41, 5.74) is 0.988. The Balaban J connectivity index is 1.83. The molecule has 20 heavy (non-hydrogen) atoms. The topological polar surface area (TPSA) is 37.8 Å². The predicted molar refractivity (Wildman–Crippen MR) is 83.0 cm³/mol. The summed E-state index contributed by atoms with van der Waals surface area (Å²) in [5, 5.41) is 3.98.